The fourth-order valence-electron chi connectivity index (χ4n) is 2.21. The lowest BCUT2D eigenvalue weighted by Crippen LogP contribution is -2.17. The molecule has 1 N–H and O–H groups in total. The lowest BCUT2D eigenvalue weighted by molar-refractivity contribution is 0.396. The van der Waals surface area contributed by atoms with Crippen LogP contribution in [0.5, 0.6) is 5.88 Å². The minimum Gasteiger partial charge on any atom is -0.481 e. The van der Waals surface area contributed by atoms with Crippen LogP contribution < -0.4 is 10.1 Å². The van der Waals surface area contributed by atoms with Crippen LogP contribution in [0.15, 0.2) is 6.07 Å². The summed E-state index contributed by atoms with van der Waals surface area (Å²) in [7, 11) is 1.63. The predicted octanol–water partition coefficient (Wildman–Crippen LogP) is 2.49. The summed E-state index contributed by atoms with van der Waals surface area (Å²) in [6.07, 6.45) is 5.91. The third-order valence-corrected chi connectivity index (χ3v) is 4.19. The molecule has 5 heteroatoms. The second-order valence-electron chi connectivity index (χ2n) is 4.35. The van der Waals surface area contributed by atoms with Crippen LogP contribution in [0.4, 0.5) is 5.82 Å². The van der Waals surface area contributed by atoms with E-state index in [2.05, 4.69) is 21.5 Å². The van der Waals surface area contributed by atoms with Gasteiger partial charge < -0.3 is 10.1 Å². The van der Waals surface area contributed by atoms with Crippen LogP contribution in [-0.2, 0) is 0 Å². The maximum absolute atomic E-state index is 5.15. The molecule has 2 atom stereocenters. The number of nitrogens with one attached hydrogen (secondary N) is 1. The summed E-state index contributed by atoms with van der Waals surface area (Å²) in [5.41, 5.74) is 0. The van der Waals surface area contributed by atoms with E-state index in [0.29, 0.717) is 11.9 Å². The van der Waals surface area contributed by atoms with Crippen molar-refractivity contribution in [2.24, 2.45) is 0 Å². The summed E-state index contributed by atoms with van der Waals surface area (Å²) >= 11 is 1.96. The van der Waals surface area contributed by atoms with Crippen molar-refractivity contribution in [3.63, 3.8) is 0 Å². The monoisotopic (exact) mass is 253 g/mol. The molecule has 0 aliphatic heterocycles. The minimum absolute atomic E-state index is 0.534. The maximum Gasteiger partial charge on any atom is 0.218 e. The van der Waals surface area contributed by atoms with Crippen molar-refractivity contribution in [1.29, 1.82) is 0 Å². The van der Waals surface area contributed by atoms with E-state index in [9.17, 15) is 0 Å². The summed E-state index contributed by atoms with van der Waals surface area (Å²) in [4.78, 5) is 8.57. The number of ether oxygens (including phenoxy) is 1. The molecule has 1 aliphatic rings. The van der Waals surface area contributed by atoms with Crippen LogP contribution in [0.2, 0.25) is 0 Å². The van der Waals surface area contributed by atoms with E-state index in [1.807, 2.05) is 24.8 Å². The Morgan fingerprint density at radius 2 is 2.24 bits per heavy atom. The van der Waals surface area contributed by atoms with E-state index in [1.165, 1.54) is 19.3 Å². The van der Waals surface area contributed by atoms with Gasteiger partial charge in [0.2, 0.25) is 5.88 Å². The third kappa shape index (κ3) is 3.25. The smallest absolute Gasteiger partial charge is 0.218 e. The van der Waals surface area contributed by atoms with Crippen LogP contribution in [0.1, 0.15) is 25.1 Å². The summed E-state index contributed by atoms with van der Waals surface area (Å²) in [6, 6.07) is 2.39. The first-order valence-electron chi connectivity index (χ1n) is 5.90. The number of nitrogens with zero attached hydrogens (tertiary/aromatic N) is 2. The predicted molar refractivity (Wildman–Crippen MR) is 71.9 cm³/mol. The van der Waals surface area contributed by atoms with Gasteiger partial charge in [0, 0.05) is 17.4 Å². The SMILES string of the molecule is COc1cc(NC2CCC(SC)C2)nc(C)n1. The van der Waals surface area contributed by atoms with Gasteiger partial charge in [-0.15, -0.1) is 0 Å². The number of aryl methyl sites for hydroxylation is 1. The fraction of sp³-hybridized carbons (Fsp3) is 0.667. The van der Waals surface area contributed by atoms with E-state index in [-0.39, 0.29) is 0 Å². The molecule has 0 aromatic carbocycles. The molecule has 0 bridgehead atoms. The molecule has 1 heterocycles. The molecule has 2 unspecified atom stereocenters. The summed E-state index contributed by atoms with van der Waals surface area (Å²) in [6.45, 7) is 1.88. The van der Waals surface area contributed by atoms with Gasteiger partial charge in [0.05, 0.1) is 7.11 Å². The zero-order valence-electron chi connectivity index (χ0n) is 10.6. The number of methoxy groups -OCH3 is 1. The molecular weight excluding hydrogens is 234 g/mol. The summed E-state index contributed by atoms with van der Waals surface area (Å²) < 4.78 is 5.15. The first-order valence-corrected chi connectivity index (χ1v) is 7.19. The van der Waals surface area contributed by atoms with Crippen LogP contribution in [0.25, 0.3) is 0 Å². The largest absolute Gasteiger partial charge is 0.481 e. The quantitative estimate of drug-likeness (QED) is 0.893. The highest BCUT2D eigenvalue weighted by atomic mass is 32.2. The summed E-state index contributed by atoms with van der Waals surface area (Å²) in [5.74, 6) is 2.24. The van der Waals surface area contributed by atoms with Gasteiger partial charge in [0.1, 0.15) is 11.6 Å². The molecule has 0 amide bonds. The Hall–Kier alpha value is -0.970. The van der Waals surface area contributed by atoms with Gasteiger partial charge in [-0.25, -0.2) is 4.98 Å². The molecule has 94 valence electrons. The fourth-order valence-corrected chi connectivity index (χ4v) is 3.01. The van der Waals surface area contributed by atoms with E-state index >= 15 is 0 Å². The lowest BCUT2D eigenvalue weighted by atomic mass is 10.2. The van der Waals surface area contributed by atoms with Crippen molar-refractivity contribution < 1.29 is 4.74 Å². The Kier molecular flexibility index (Phi) is 4.10. The van der Waals surface area contributed by atoms with Crippen molar-refractivity contribution >= 4 is 17.6 Å². The van der Waals surface area contributed by atoms with E-state index in [0.717, 1.165) is 16.9 Å². The maximum atomic E-state index is 5.15. The molecule has 1 saturated carbocycles. The molecule has 1 fully saturated rings. The van der Waals surface area contributed by atoms with Crippen molar-refractivity contribution in [2.75, 3.05) is 18.7 Å². The van der Waals surface area contributed by atoms with Gasteiger partial charge in [-0.05, 0) is 32.4 Å². The Morgan fingerprint density at radius 3 is 2.88 bits per heavy atom. The molecule has 1 aromatic heterocycles. The molecular formula is C12H19N3OS. The van der Waals surface area contributed by atoms with Crippen molar-refractivity contribution in [3.8, 4) is 5.88 Å². The molecule has 17 heavy (non-hydrogen) atoms. The second kappa shape index (κ2) is 5.58. The van der Waals surface area contributed by atoms with E-state index < -0.39 is 0 Å². The van der Waals surface area contributed by atoms with Crippen LogP contribution >= 0.6 is 11.8 Å². The number of hydrogen-bond donors (Lipinski definition) is 1. The highest BCUT2D eigenvalue weighted by molar-refractivity contribution is 7.99. The van der Waals surface area contributed by atoms with Crippen LogP contribution in [0, 0.1) is 6.92 Å². The Labute approximate surface area is 107 Å². The van der Waals surface area contributed by atoms with Gasteiger partial charge in [0.15, 0.2) is 0 Å². The first kappa shape index (κ1) is 12.5. The number of rotatable bonds is 4. The molecule has 2 rings (SSSR count). The standard InChI is InChI=1S/C12H19N3OS/c1-8-13-11(7-12(14-8)16-2)15-9-4-5-10(6-9)17-3/h7,9-10H,4-6H2,1-3H3,(H,13,14,15). The van der Waals surface area contributed by atoms with Gasteiger partial charge in [-0.1, -0.05) is 0 Å². The zero-order chi connectivity index (χ0) is 12.3. The molecule has 1 aliphatic carbocycles. The summed E-state index contributed by atoms with van der Waals surface area (Å²) in [5, 5.41) is 4.27. The van der Waals surface area contributed by atoms with Gasteiger partial charge in [0.25, 0.3) is 0 Å². The van der Waals surface area contributed by atoms with Gasteiger partial charge >= 0.3 is 0 Å². The Bertz CT molecular complexity index is 386. The second-order valence-corrected chi connectivity index (χ2v) is 5.49. The molecule has 4 nitrogen and oxygen atoms in total. The molecule has 0 saturated heterocycles. The van der Waals surface area contributed by atoms with Crippen LogP contribution in [0.3, 0.4) is 0 Å². The number of anilines is 1. The van der Waals surface area contributed by atoms with Gasteiger partial charge in [-0.2, -0.15) is 16.7 Å². The zero-order valence-corrected chi connectivity index (χ0v) is 11.4. The number of aromatic nitrogens is 2. The molecule has 0 spiro atoms. The van der Waals surface area contributed by atoms with Crippen molar-refractivity contribution in [3.05, 3.63) is 11.9 Å². The average Bonchev–Trinajstić information content (AvgIpc) is 2.76. The highest BCUT2D eigenvalue weighted by Crippen LogP contribution is 2.30. The number of hydrogen-bond acceptors (Lipinski definition) is 5. The van der Waals surface area contributed by atoms with E-state index in [4.69, 9.17) is 4.74 Å². The first-order chi connectivity index (χ1) is 8.21. The van der Waals surface area contributed by atoms with Crippen LogP contribution in [-0.4, -0.2) is 34.6 Å². The third-order valence-electron chi connectivity index (χ3n) is 3.09. The topological polar surface area (TPSA) is 47.0 Å². The van der Waals surface area contributed by atoms with E-state index in [1.54, 1.807) is 7.11 Å². The van der Waals surface area contributed by atoms with Gasteiger partial charge in [-0.3, -0.25) is 0 Å². The Morgan fingerprint density at radius 1 is 1.41 bits per heavy atom. The molecule has 0 radical (unpaired) electrons. The Balaban J connectivity index is 2.01. The highest BCUT2D eigenvalue weighted by Gasteiger charge is 2.24. The molecule has 1 aromatic rings. The lowest BCUT2D eigenvalue weighted by Gasteiger charge is -2.14. The normalized spacial score (nSPS) is 23.7. The van der Waals surface area contributed by atoms with Crippen molar-refractivity contribution in [1.82, 2.24) is 9.97 Å². The number of thioether (sulfide) groups is 1. The van der Waals surface area contributed by atoms with Crippen molar-refractivity contribution in [2.45, 2.75) is 37.5 Å². The average molecular weight is 253 g/mol. The minimum atomic E-state index is 0.534.